The summed E-state index contributed by atoms with van der Waals surface area (Å²) in [5.41, 5.74) is -2.01. The fraction of sp³-hybridized carbons (Fsp3) is 0.200. The third kappa shape index (κ3) is 4.04. The van der Waals surface area contributed by atoms with Crippen LogP contribution in [0.15, 0.2) is 48.8 Å². The fourth-order valence-corrected chi connectivity index (χ4v) is 3.47. The lowest BCUT2D eigenvalue weighted by Crippen LogP contribution is -2.77. The number of pyridine rings is 1. The molecule has 1 aromatic heterocycles. The van der Waals surface area contributed by atoms with Crippen LogP contribution in [-0.4, -0.2) is 84.5 Å². The van der Waals surface area contributed by atoms with Gasteiger partial charge in [0.15, 0.2) is 12.1 Å². The molecule has 13 nitrogen and oxygen atoms in total. The van der Waals surface area contributed by atoms with E-state index in [1.807, 2.05) is 0 Å². The van der Waals surface area contributed by atoms with Crippen molar-refractivity contribution in [1.29, 1.82) is 0 Å². The number of morpholine rings is 1. The van der Waals surface area contributed by atoms with Crippen LogP contribution in [0.1, 0.15) is 0 Å². The van der Waals surface area contributed by atoms with Gasteiger partial charge in [-0.1, -0.05) is 18.2 Å². The lowest BCUT2D eigenvalue weighted by atomic mass is 9.86. The second-order valence-corrected chi connectivity index (χ2v) is 6.90. The molecule has 2 amide bonds. The number of rotatable bonds is 6. The molecule has 0 bridgehead atoms. The van der Waals surface area contributed by atoms with E-state index in [1.165, 1.54) is 12.1 Å². The highest BCUT2D eigenvalue weighted by Gasteiger charge is 2.68. The number of carboxylic acid groups (broad SMARTS) is 4. The molecule has 172 valence electrons. The molecule has 0 radical (unpaired) electrons. The van der Waals surface area contributed by atoms with Crippen molar-refractivity contribution in [1.82, 2.24) is 9.88 Å². The molecule has 2 heterocycles. The molecule has 2 atom stereocenters. The maximum Gasteiger partial charge on any atom is 0.345 e. The Morgan fingerprint density at radius 3 is 2.06 bits per heavy atom. The molecule has 2 unspecified atom stereocenters. The molecule has 33 heavy (non-hydrogen) atoms. The minimum Gasteiger partial charge on any atom is -0.480 e. The number of nitrogens with one attached hydrogen (secondary N) is 1. The van der Waals surface area contributed by atoms with E-state index in [0.717, 1.165) is 5.56 Å². The number of carbonyl (C=O) groups is 5. The first-order valence-electron chi connectivity index (χ1n) is 9.25. The van der Waals surface area contributed by atoms with Crippen LogP contribution in [0, 0.1) is 0 Å². The Bertz CT molecular complexity index is 1090. The molecule has 0 saturated carbocycles. The topological polar surface area (TPSA) is 204 Å². The number of hydrogen-bond donors (Lipinski definition) is 5. The van der Waals surface area contributed by atoms with Gasteiger partial charge in [-0.2, -0.15) is 0 Å². The van der Waals surface area contributed by atoms with Gasteiger partial charge in [-0.3, -0.25) is 9.88 Å². The van der Waals surface area contributed by atoms with Gasteiger partial charge >= 0.3 is 29.9 Å². The standard InChI is InChI=1S/C20H17N3O10/c24-15(25)13-9-33-14(16(26)27)20(17(28)29,18(30)31)23(13)19(32)22-12-5-3-10(4-6-12)11-2-1-7-21-8-11/h1-8,13-14H,9H2,(H,22,32)(H,24,25)(H,26,27)(H,28,29)(H,30,31). The third-order valence-corrected chi connectivity index (χ3v) is 5.00. The molecule has 3 rings (SSSR count). The lowest BCUT2D eigenvalue weighted by molar-refractivity contribution is -0.205. The summed E-state index contributed by atoms with van der Waals surface area (Å²) in [5, 5.41) is 40.4. The van der Waals surface area contributed by atoms with E-state index in [-0.39, 0.29) is 10.6 Å². The minimum atomic E-state index is -3.55. The first kappa shape index (κ1) is 23.1. The summed E-state index contributed by atoms with van der Waals surface area (Å²) in [5.74, 6) is -8.35. The average Bonchev–Trinajstić information content (AvgIpc) is 2.78. The summed E-state index contributed by atoms with van der Waals surface area (Å²) in [4.78, 5) is 64.3. The maximum atomic E-state index is 13.0. The van der Waals surface area contributed by atoms with Gasteiger partial charge in [0.1, 0.15) is 0 Å². The third-order valence-electron chi connectivity index (χ3n) is 5.00. The van der Waals surface area contributed by atoms with Gasteiger partial charge in [0.2, 0.25) is 0 Å². The zero-order chi connectivity index (χ0) is 24.3. The van der Waals surface area contributed by atoms with Crippen LogP contribution in [0.5, 0.6) is 0 Å². The monoisotopic (exact) mass is 459 g/mol. The van der Waals surface area contributed by atoms with Crippen LogP contribution >= 0.6 is 0 Å². The summed E-state index contributed by atoms with van der Waals surface area (Å²) >= 11 is 0. The Morgan fingerprint density at radius 1 is 0.939 bits per heavy atom. The molecule has 0 aliphatic carbocycles. The van der Waals surface area contributed by atoms with Crippen LogP contribution in [-0.2, 0) is 23.9 Å². The minimum absolute atomic E-state index is 0.0304. The van der Waals surface area contributed by atoms with E-state index in [0.29, 0.717) is 5.56 Å². The summed E-state index contributed by atoms with van der Waals surface area (Å²) in [7, 11) is 0. The van der Waals surface area contributed by atoms with Gasteiger partial charge in [-0.25, -0.2) is 24.0 Å². The summed E-state index contributed by atoms with van der Waals surface area (Å²) < 4.78 is 4.78. The van der Waals surface area contributed by atoms with Crippen molar-refractivity contribution in [3.63, 3.8) is 0 Å². The number of ether oxygens (including phenoxy) is 1. The van der Waals surface area contributed by atoms with Gasteiger partial charge in [-0.15, -0.1) is 0 Å². The van der Waals surface area contributed by atoms with Crippen LogP contribution in [0.3, 0.4) is 0 Å². The van der Waals surface area contributed by atoms with E-state index < -0.39 is 54.2 Å². The zero-order valence-corrected chi connectivity index (χ0v) is 16.6. The van der Waals surface area contributed by atoms with E-state index in [9.17, 15) is 44.4 Å². The number of anilines is 1. The normalized spacial score (nSPS) is 19.3. The van der Waals surface area contributed by atoms with Gasteiger partial charge in [0.05, 0.1) is 6.61 Å². The van der Waals surface area contributed by atoms with Crippen LogP contribution in [0.2, 0.25) is 0 Å². The smallest absolute Gasteiger partial charge is 0.345 e. The van der Waals surface area contributed by atoms with Crippen molar-refractivity contribution in [2.45, 2.75) is 17.7 Å². The zero-order valence-electron chi connectivity index (χ0n) is 16.6. The number of amides is 2. The Kier molecular flexibility index (Phi) is 6.26. The highest BCUT2D eigenvalue weighted by molar-refractivity contribution is 6.12. The molecule has 0 spiro atoms. The van der Waals surface area contributed by atoms with E-state index in [4.69, 9.17) is 4.74 Å². The molecule has 1 fully saturated rings. The Labute approximate surface area is 184 Å². The number of nitrogens with zero attached hydrogens (tertiary/aromatic N) is 2. The van der Waals surface area contributed by atoms with Crippen molar-refractivity contribution in [3.05, 3.63) is 48.8 Å². The highest BCUT2D eigenvalue weighted by atomic mass is 16.5. The Hall–Kier alpha value is -4.52. The average molecular weight is 459 g/mol. The molecular weight excluding hydrogens is 442 g/mol. The Balaban J connectivity index is 2.00. The van der Waals surface area contributed by atoms with Gasteiger partial charge in [-0.05, 0) is 29.3 Å². The first-order chi connectivity index (χ1) is 15.6. The van der Waals surface area contributed by atoms with E-state index >= 15 is 0 Å². The van der Waals surface area contributed by atoms with Crippen molar-refractivity contribution in [2.75, 3.05) is 11.9 Å². The van der Waals surface area contributed by atoms with E-state index in [1.54, 1.807) is 36.7 Å². The number of urea groups is 1. The molecule has 1 aliphatic rings. The predicted octanol–water partition coefficient (Wildman–Crippen LogP) is 0.427. The van der Waals surface area contributed by atoms with Crippen molar-refractivity contribution < 1.29 is 49.1 Å². The molecule has 1 aromatic carbocycles. The first-order valence-corrected chi connectivity index (χ1v) is 9.25. The SMILES string of the molecule is O=C(O)C1COC(C(=O)O)C(C(=O)O)(C(=O)O)N1C(=O)Nc1ccc(-c2cccnc2)cc1. The maximum absolute atomic E-state index is 13.0. The number of aromatic nitrogens is 1. The number of benzene rings is 1. The summed E-state index contributed by atoms with van der Waals surface area (Å²) in [6, 6.07) is 5.95. The number of hydrogen-bond acceptors (Lipinski definition) is 7. The van der Waals surface area contributed by atoms with Crippen LogP contribution in [0.4, 0.5) is 10.5 Å². The second-order valence-electron chi connectivity index (χ2n) is 6.90. The second kappa shape index (κ2) is 8.92. The molecule has 13 heteroatoms. The lowest BCUT2D eigenvalue weighted by Gasteiger charge is -2.46. The van der Waals surface area contributed by atoms with E-state index in [2.05, 4.69) is 10.3 Å². The van der Waals surface area contributed by atoms with Gasteiger partial charge in [0, 0.05) is 18.1 Å². The van der Waals surface area contributed by atoms with Crippen molar-refractivity contribution in [2.24, 2.45) is 0 Å². The van der Waals surface area contributed by atoms with Crippen LogP contribution in [0.25, 0.3) is 11.1 Å². The molecular formula is C20H17N3O10. The summed E-state index contributed by atoms with van der Waals surface area (Å²) in [6.07, 6.45) is 0.613. The number of aliphatic carboxylic acids is 4. The highest BCUT2D eigenvalue weighted by Crippen LogP contribution is 2.33. The van der Waals surface area contributed by atoms with Crippen molar-refractivity contribution >= 4 is 35.6 Å². The molecule has 1 aliphatic heterocycles. The van der Waals surface area contributed by atoms with Gasteiger partial charge < -0.3 is 30.5 Å². The quantitative estimate of drug-likeness (QED) is 0.375. The largest absolute Gasteiger partial charge is 0.480 e. The molecule has 1 saturated heterocycles. The molecule has 2 aromatic rings. The summed E-state index contributed by atoms with van der Waals surface area (Å²) in [6.45, 7) is -0.942. The molecule has 5 N–H and O–H groups in total. The fourth-order valence-electron chi connectivity index (χ4n) is 3.47. The van der Waals surface area contributed by atoms with Crippen molar-refractivity contribution in [3.8, 4) is 11.1 Å². The van der Waals surface area contributed by atoms with Gasteiger partial charge in [0.25, 0.3) is 5.54 Å². The van der Waals surface area contributed by atoms with Crippen LogP contribution < -0.4 is 5.32 Å². The Morgan fingerprint density at radius 2 is 1.58 bits per heavy atom. The number of carbonyl (C=O) groups excluding carboxylic acids is 1. The number of carboxylic acids is 4. The predicted molar refractivity (Wildman–Crippen MR) is 107 cm³/mol.